The average Bonchev–Trinajstić information content (AvgIpc) is 2.96. The number of carbonyl (C=O) groups excluding carboxylic acids is 2. The van der Waals surface area contributed by atoms with E-state index in [-0.39, 0.29) is 17.3 Å². The van der Waals surface area contributed by atoms with E-state index in [1.807, 2.05) is 20.8 Å². The van der Waals surface area contributed by atoms with Gasteiger partial charge >= 0.3 is 0 Å². The highest BCUT2D eigenvalue weighted by Crippen LogP contribution is 2.26. The van der Waals surface area contributed by atoms with Crippen molar-refractivity contribution >= 4 is 39.1 Å². The van der Waals surface area contributed by atoms with Gasteiger partial charge in [0.2, 0.25) is 11.8 Å². The molecule has 3 rings (SSSR count). The van der Waals surface area contributed by atoms with E-state index in [2.05, 4.69) is 5.32 Å². The van der Waals surface area contributed by atoms with E-state index in [9.17, 15) is 18.0 Å². The molecule has 0 fully saturated rings. The van der Waals surface area contributed by atoms with Crippen LogP contribution in [-0.2, 0) is 26.2 Å². The number of hydrogen-bond donors (Lipinski definition) is 1. The first-order valence-corrected chi connectivity index (χ1v) is 15.2. The summed E-state index contributed by atoms with van der Waals surface area (Å²) >= 11 is 6.42. The summed E-state index contributed by atoms with van der Waals surface area (Å²) in [5, 5.41) is 3.32. The number of sulfonamides is 1. The fourth-order valence-corrected chi connectivity index (χ4v) is 5.83. The molecule has 0 spiro atoms. The predicted octanol–water partition coefficient (Wildman–Crippen LogP) is 5.27. The van der Waals surface area contributed by atoms with E-state index in [1.54, 1.807) is 66.7 Å². The Hall–Kier alpha value is -3.56. The van der Waals surface area contributed by atoms with Crippen LogP contribution >= 0.6 is 11.6 Å². The highest BCUT2D eigenvalue weighted by atomic mass is 35.5. The van der Waals surface area contributed by atoms with Crippen molar-refractivity contribution in [2.75, 3.05) is 24.0 Å². The van der Waals surface area contributed by atoms with Gasteiger partial charge in [-0.25, -0.2) is 8.42 Å². The van der Waals surface area contributed by atoms with Crippen LogP contribution in [0.2, 0.25) is 5.02 Å². The van der Waals surface area contributed by atoms with Crippen molar-refractivity contribution in [3.05, 3.63) is 89.4 Å². The largest absolute Gasteiger partial charge is 0.494 e. The zero-order chi connectivity index (χ0) is 29.1. The van der Waals surface area contributed by atoms with Crippen molar-refractivity contribution in [1.82, 2.24) is 10.2 Å². The maximum Gasteiger partial charge on any atom is 0.264 e. The molecule has 0 aliphatic heterocycles. The van der Waals surface area contributed by atoms with Gasteiger partial charge < -0.3 is 15.0 Å². The summed E-state index contributed by atoms with van der Waals surface area (Å²) in [6.45, 7) is 6.04. The SMILES string of the molecule is CCCNC(=O)C(CC)N(Cc1ccccc1Cl)C(=O)CN(c1ccccc1)S(=O)(=O)c1ccc(OCC)cc1. The Bertz CT molecular complexity index is 1370. The van der Waals surface area contributed by atoms with Crippen LogP contribution < -0.4 is 14.4 Å². The van der Waals surface area contributed by atoms with Crippen molar-refractivity contribution < 1.29 is 22.7 Å². The smallest absolute Gasteiger partial charge is 0.264 e. The predicted molar refractivity (Wildman–Crippen MR) is 158 cm³/mol. The molecule has 1 atom stereocenters. The lowest BCUT2D eigenvalue weighted by Crippen LogP contribution is -2.52. The summed E-state index contributed by atoms with van der Waals surface area (Å²) in [5.74, 6) is -0.291. The summed E-state index contributed by atoms with van der Waals surface area (Å²) in [4.78, 5) is 28.6. The highest BCUT2D eigenvalue weighted by molar-refractivity contribution is 7.92. The number of ether oxygens (including phenoxy) is 1. The molecular weight excluding hydrogens is 550 g/mol. The van der Waals surface area contributed by atoms with E-state index < -0.39 is 28.5 Å². The number of benzene rings is 3. The molecule has 214 valence electrons. The second-order valence-corrected chi connectivity index (χ2v) is 11.3. The van der Waals surface area contributed by atoms with E-state index in [1.165, 1.54) is 17.0 Å². The van der Waals surface area contributed by atoms with Crippen LogP contribution in [0.25, 0.3) is 0 Å². The van der Waals surface area contributed by atoms with Gasteiger partial charge in [0.25, 0.3) is 10.0 Å². The van der Waals surface area contributed by atoms with Crippen LogP contribution in [0.5, 0.6) is 5.75 Å². The Labute approximate surface area is 241 Å². The standard InChI is InChI=1S/C30H36ClN3O5S/c1-4-20-32-30(36)28(5-2)33(21-23-12-10-11-15-27(23)31)29(35)22-34(24-13-8-7-9-14-24)40(37,38)26-18-16-25(17-19-26)39-6-3/h7-19,28H,4-6,20-22H2,1-3H3,(H,32,36). The zero-order valence-electron chi connectivity index (χ0n) is 23.0. The molecule has 3 aromatic carbocycles. The van der Waals surface area contributed by atoms with E-state index in [4.69, 9.17) is 16.3 Å². The van der Waals surface area contributed by atoms with Gasteiger partial charge in [0.15, 0.2) is 0 Å². The second-order valence-electron chi connectivity index (χ2n) is 9.08. The third-order valence-corrected chi connectivity index (χ3v) is 8.44. The summed E-state index contributed by atoms with van der Waals surface area (Å²) in [6.07, 6.45) is 1.07. The lowest BCUT2D eigenvalue weighted by Gasteiger charge is -2.33. The first kappa shape index (κ1) is 31.0. The number of nitrogens with zero attached hydrogens (tertiary/aromatic N) is 2. The minimum absolute atomic E-state index is 0.0120. The molecule has 1 N–H and O–H groups in total. The van der Waals surface area contributed by atoms with Crippen molar-refractivity contribution in [3.8, 4) is 5.75 Å². The average molecular weight is 586 g/mol. The van der Waals surface area contributed by atoms with Crippen LogP contribution in [0.1, 0.15) is 39.2 Å². The maximum atomic E-state index is 14.0. The molecular formula is C30H36ClN3O5S. The second kappa shape index (κ2) is 14.7. The van der Waals surface area contributed by atoms with Crippen LogP contribution in [-0.4, -0.2) is 50.9 Å². The van der Waals surface area contributed by atoms with Crippen molar-refractivity contribution in [1.29, 1.82) is 0 Å². The monoisotopic (exact) mass is 585 g/mol. The summed E-state index contributed by atoms with van der Waals surface area (Å²) in [5.41, 5.74) is 0.978. The normalized spacial score (nSPS) is 11.9. The molecule has 40 heavy (non-hydrogen) atoms. The van der Waals surface area contributed by atoms with Gasteiger partial charge in [-0.15, -0.1) is 0 Å². The number of para-hydroxylation sites is 1. The Balaban J connectivity index is 2.02. The molecule has 0 heterocycles. The Kier molecular flexibility index (Phi) is 11.4. The Morgan fingerprint density at radius 1 is 0.925 bits per heavy atom. The van der Waals surface area contributed by atoms with Gasteiger partial charge in [0.1, 0.15) is 18.3 Å². The summed E-state index contributed by atoms with van der Waals surface area (Å²) < 4.78 is 34.3. The number of hydrogen-bond acceptors (Lipinski definition) is 5. The van der Waals surface area contributed by atoms with Gasteiger partial charge in [0, 0.05) is 18.1 Å². The first-order valence-electron chi connectivity index (χ1n) is 13.3. The third kappa shape index (κ3) is 7.76. The van der Waals surface area contributed by atoms with Crippen LogP contribution in [0.3, 0.4) is 0 Å². The molecule has 0 saturated heterocycles. The minimum atomic E-state index is -4.16. The molecule has 0 aromatic heterocycles. The van der Waals surface area contributed by atoms with Gasteiger partial charge in [-0.3, -0.25) is 13.9 Å². The Morgan fingerprint density at radius 3 is 2.17 bits per heavy atom. The molecule has 8 nitrogen and oxygen atoms in total. The summed E-state index contributed by atoms with van der Waals surface area (Å²) in [7, 11) is -4.16. The topological polar surface area (TPSA) is 96.0 Å². The lowest BCUT2D eigenvalue weighted by molar-refractivity contribution is -0.140. The van der Waals surface area contributed by atoms with Crippen molar-refractivity contribution in [3.63, 3.8) is 0 Å². The van der Waals surface area contributed by atoms with Gasteiger partial charge in [-0.05, 0) is 67.8 Å². The molecule has 1 unspecified atom stereocenters. The number of amides is 2. The van der Waals surface area contributed by atoms with Crippen molar-refractivity contribution in [2.45, 2.75) is 51.1 Å². The quantitative estimate of drug-likeness (QED) is 0.278. The zero-order valence-corrected chi connectivity index (χ0v) is 24.6. The highest BCUT2D eigenvalue weighted by Gasteiger charge is 2.33. The van der Waals surface area contributed by atoms with Crippen LogP contribution in [0, 0.1) is 0 Å². The maximum absolute atomic E-state index is 14.0. The molecule has 0 bridgehead atoms. The van der Waals surface area contributed by atoms with Crippen molar-refractivity contribution in [2.24, 2.45) is 0 Å². The Morgan fingerprint density at radius 2 is 1.57 bits per heavy atom. The van der Waals surface area contributed by atoms with Gasteiger partial charge in [-0.2, -0.15) is 0 Å². The first-order chi connectivity index (χ1) is 19.2. The minimum Gasteiger partial charge on any atom is -0.494 e. The molecule has 2 amide bonds. The van der Waals surface area contributed by atoms with E-state index in [0.717, 1.165) is 10.7 Å². The van der Waals surface area contributed by atoms with Gasteiger partial charge in [-0.1, -0.05) is 61.8 Å². The molecule has 0 saturated carbocycles. The number of rotatable bonds is 14. The molecule has 3 aromatic rings. The fourth-order valence-electron chi connectivity index (χ4n) is 4.22. The van der Waals surface area contributed by atoms with E-state index in [0.29, 0.717) is 41.6 Å². The molecule has 0 aliphatic carbocycles. The van der Waals surface area contributed by atoms with Gasteiger partial charge in [0.05, 0.1) is 17.2 Å². The van der Waals surface area contributed by atoms with Crippen LogP contribution in [0.15, 0.2) is 83.8 Å². The van der Waals surface area contributed by atoms with Crippen LogP contribution in [0.4, 0.5) is 5.69 Å². The lowest BCUT2D eigenvalue weighted by atomic mass is 10.1. The number of nitrogens with one attached hydrogen (secondary N) is 1. The number of halogens is 1. The molecule has 0 aliphatic rings. The molecule has 10 heteroatoms. The third-order valence-electron chi connectivity index (χ3n) is 6.28. The summed E-state index contributed by atoms with van der Waals surface area (Å²) in [6, 6.07) is 20.8. The number of carbonyl (C=O) groups is 2. The molecule has 0 radical (unpaired) electrons. The number of anilines is 1. The van der Waals surface area contributed by atoms with E-state index >= 15 is 0 Å². The fraction of sp³-hybridized carbons (Fsp3) is 0.333.